The largest absolute Gasteiger partial charge is 0.272 e. The summed E-state index contributed by atoms with van der Waals surface area (Å²) >= 11 is 1.80. The van der Waals surface area contributed by atoms with Gasteiger partial charge < -0.3 is 0 Å². The van der Waals surface area contributed by atoms with Crippen molar-refractivity contribution in [3.8, 4) is 0 Å². The lowest BCUT2D eigenvalue weighted by Crippen LogP contribution is -2.27. The second-order valence-corrected chi connectivity index (χ2v) is 5.49. The molecule has 2 aromatic heterocycles. The summed E-state index contributed by atoms with van der Waals surface area (Å²) in [5, 5.41) is 4.35. The van der Waals surface area contributed by atoms with Crippen molar-refractivity contribution in [1.29, 1.82) is 0 Å². The predicted octanol–water partition coefficient (Wildman–Crippen LogP) is 2.47. The molecule has 98 valence electrons. The molecule has 0 aliphatic carbocycles. The van der Waals surface area contributed by atoms with E-state index in [0.29, 0.717) is 0 Å². The number of aryl methyl sites for hydroxylation is 2. The minimum atomic E-state index is 0.0425. The highest BCUT2D eigenvalue weighted by atomic mass is 32.1. The molecule has 2 rings (SSSR count). The van der Waals surface area contributed by atoms with E-state index in [1.54, 1.807) is 11.3 Å². The molecule has 0 radical (unpaired) electrons. The van der Waals surface area contributed by atoms with Gasteiger partial charge in [-0.25, -0.2) is 5.43 Å². The van der Waals surface area contributed by atoms with Gasteiger partial charge in [-0.05, 0) is 25.0 Å². The molecule has 0 aliphatic rings. The smallest absolute Gasteiger partial charge is 0.0833 e. The van der Waals surface area contributed by atoms with Crippen LogP contribution in [0.1, 0.15) is 41.6 Å². The number of rotatable bonds is 6. The number of thiophene rings is 1. The monoisotopic (exact) mass is 264 g/mol. The van der Waals surface area contributed by atoms with Gasteiger partial charge in [0, 0.05) is 28.1 Å². The second kappa shape index (κ2) is 6.13. The average Bonchev–Trinajstić information content (AvgIpc) is 3.01. The van der Waals surface area contributed by atoms with E-state index >= 15 is 0 Å². The van der Waals surface area contributed by atoms with Gasteiger partial charge in [-0.3, -0.25) is 10.5 Å². The normalized spacial score (nSPS) is 12.8. The molecule has 0 amide bonds. The van der Waals surface area contributed by atoms with Gasteiger partial charge in [-0.2, -0.15) is 5.10 Å². The van der Waals surface area contributed by atoms with Crippen LogP contribution in [-0.4, -0.2) is 9.78 Å². The van der Waals surface area contributed by atoms with Crippen LogP contribution < -0.4 is 11.3 Å². The Bertz CT molecular complexity index is 489. The van der Waals surface area contributed by atoms with Gasteiger partial charge in [0.2, 0.25) is 0 Å². The minimum Gasteiger partial charge on any atom is -0.272 e. The van der Waals surface area contributed by atoms with Gasteiger partial charge in [0.1, 0.15) is 0 Å². The number of hydrazine groups is 1. The van der Waals surface area contributed by atoms with E-state index in [2.05, 4.69) is 42.7 Å². The molecule has 0 spiro atoms. The van der Waals surface area contributed by atoms with Crippen molar-refractivity contribution in [1.82, 2.24) is 15.2 Å². The summed E-state index contributed by atoms with van der Waals surface area (Å²) in [7, 11) is 0. The average molecular weight is 264 g/mol. The Morgan fingerprint density at radius 3 is 2.89 bits per heavy atom. The number of hydrogen-bond acceptors (Lipinski definition) is 4. The van der Waals surface area contributed by atoms with Crippen LogP contribution in [0.5, 0.6) is 0 Å². The Morgan fingerprint density at radius 2 is 2.28 bits per heavy atom. The van der Waals surface area contributed by atoms with E-state index in [1.165, 1.54) is 9.75 Å². The molecule has 0 bridgehead atoms. The Kier molecular flexibility index (Phi) is 4.52. The molecule has 0 saturated heterocycles. The Balaban J connectivity index is 2.21. The molecule has 1 unspecified atom stereocenters. The lowest BCUT2D eigenvalue weighted by molar-refractivity contribution is 0.598. The highest BCUT2D eigenvalue weighted by Gasteiger charge is 2.16. The maximum atomic E-state index is 5.69. The molecular weight excluding hydrogens is 244 g/mol. The number of nitrogens with zero attached hydrogens (tertiary/aromatic N) is 2. The fourth-order valence-electron chi connectivity index (χ4n) is 1.96. The van der Waals surface area contributed by atoms with E-state index in [0.717, 1.165) is 24.9 Å². The molecule has 2 heterocycles. The first-order valence-corrected chi connectivity index (χ1v) is 7.17. The summed E-state index contributed by atoms with van der Waals surface area (Å²) in [6.45, 7) is 5.26. The first kappa shape index (κ1) is 13.3. The number of nitrogens with two attached hydrogens (primary N) is 1. The summed E-state index contributed by atoms with van der Waals surface area (Å²) in [6, 6.07) is 4.35. The van der Waals surface area contributed by atoms with Crippen LogP contribution in [-0.2, 0) is 13.0 Å². The topological polar surface area (TPSA) is 55.9 Å². The van der Waals surface area contributed by atoms with Gasteiger partial charge in [0.25, 0.3) is 0 Å². The molecule has 4 nitrogen and oxygen atoms in total. The third kappa shape index (κ3) is 2.80. The molecule has 1 atom stereocenters. The fraction of sp³-hybridized carbons (Fsp3) is 0.462. The molecular formula is C13H20N4S. The first-order chi connectivity index (χ1) is 8.78. The standard InChI is InChI=1S/C13H20N4S/c1-3-7-17-9-10(8-15-17)13(16-14)12-6-5-11(4-2)18-12/h5-6,8-9,13,16H,3-4,7,14H2,1-2H3. The highest BCUT2D eigenvalue weighted by Crippen LogP contribution is 2.28. The van der Waals surface area contributed by atoms with Gasteiger partial charge in [0.15, 0.2) is 0 Å². The van der Waals surface area contributed by atoms with Crippen molar-refractivity contribution >= 4 is 11.3 Å². The van der Waals surface area contributed by atoms with Crippen molar-refractivity contribution in [3.05, 3.63) is 39.8 Å². The molecule has 0 fully saturated rings. The van der Waals surface area contributed by atoms with Crippen LogP contribution in [0.3, 0.4) is 0 Å². The number of nitrogens with one attached hydrogen (secondary N) is 1. The number of hydrogen-bond donors (Lipinski definition) is 2. The lowest BCUT2D eigenvalue weighted by Gasteiger charge is -2.11. The van der Waals surface area contributed by atoms with Crippen LogP contribution in [0.25, 0.3) is 0 Å². The van der Waals surface area contributed by atoms with Crippen molar-refractivity contribution in [2.24, 2.45) is 5.84 Å². The molecule has 18 heavy (non-hydrogen) atoms. The zero-order valence-corrected chi connectivity index (χ0v) is 11.7. The van der Waals surface area contributed by atoms with Crippen molar-refractivity contribution in [2.75, 3.05) is 0 Å². The van der Waals surface area contributed by atoms with Gasteiger partial charge in [-0.1, -0.05) is 13.8 Å². The quantitative estimate of drug-likeness (QED) is 0.622. The molecule has 3 N–H and O–H groups in total. The fourth-order valence-corrected chi connectivity index (χ4v) is 3.00. The summed E-state index contributed by atoms with van der Waals surface area (Å²) in [5.41, 5.74) is 4.01. The molecule has 0 aromatic carbocycles. The third-order valence-electron chi connectivity index (χ3n) is 2.92. The summed E-state index contributed by atoms with van der Waals surface area (Å²) in [4.78, 5) is 2.62. The zero-order chi connectivity index (χ0) is 13.0. The Labute approximate surface area is 112 Å². The van der Waals surface area contributed by atoms with E-state index in [-0.39, 0.29) is 6.04 Å². The van der Waals surface area contributed by atoms with Gasteiger partial charge >= 0.3 is 0 Å². The second-order valence-electron chi connectivity index (χ2n) is 4.29. The van der Waals surface area contributed by atoms with Crippen LogP contribution in [0.15, 0.2) is 24.5 Å². The number of aromatic nitrogens is 2. The van der Waals surface area contributed by atoms with Crippen LogP contribution in [0.2, 0.25) is 0 Å². The maximum absolute atomic E-state index is 5.69. The maximum Gasteiger partial charge on any atom is 0.0833 e. The van der Waals surface area contributed by atoms with E-state index in [1.807, 2.05) is 10.9 Å². The van der Waals surface area contributed by atoms with Crippen LogP contribution in [0.4, 0.5) is 0 Å². The van der Waals surface area contributed by atoms with Crippen molar-refractivity contribution in [3.63, 3.8) is 0 Å². The van der Waals surface area contributed by atoms with E-state index < -0.39 is 0 Å². The van der Waals surface area contributed by atoms with Crippen molar-refractivity contribution in [2.45, 2.75) is 39.3 Å². The van der Waals surface area contributed by atoms with Gasteiger partial charge in [-0.15, -0.1) is 11.3 Å². The zero-order valence-electron chi connectivity index (χ0n) is 10.9. The SMILES string of the molecule is CCCn1cc(C(NN)c2ccc(CC)s2)cn1. The van der Waals surface area contributed by atoms with Crippen LogP contribution >= 0.6 is 11.3 Å². The molecule has 5 heteroatoms. The molecule has 0 saturated carbocycles. The highest BCUT2D eigenvalue weighted by molar-refractivity contribution is 7.12. The summed E-state index contributed by atoms with van der Waals surface area (Å²) < 4.78 is 1.97. The van der Waals surface area contributed by atoms with E-state index in [9.17, 15) is 0 Å². The minimum absolute atomic E-state index is 0.0425. The summed E-state index contributed by atoms with van der Waals surface area (Å²) in [5.74, 6) is 5.69. The van der Waals surface area contributed by atoms with Gasteiger partial charge in [0.05, 0.1) is 12.2 Å². The van der Waals surface area contributed by atoms with E-state index in [4.69, 9.17) is 5.84 Å². The third-order valence-corrected chi connectivity index (χ3v) is 4.22. The lowest BCUT2D eigenvalue weighted by atomic mass is 10.1. The molecule has 2 aromatic rings. The Hall–Kier alpha value is -1.17. The Morgan fingerprint density at radius 1 is 1.44 bits per heavy atom. The predicted molar refractivity (Wildman–Crippen MR) is 75.4 cm³/mol. The van der Waals surface area contributed by atoms with Crippen LogP contribution in [0, 0.1) is 0 Å². The first-order valence-electron chi connectivity index (χ1n) is 6.35. The van der Waals surface area contributed by atoms with Crippen molar-refractivity contribution < 1.29 is 0 Å². The molecule has 0 aliphatic heterocycles. The summed E-state index contributed by atoms with van der Waals surface area (Å²) in [6.07, 6.45) is 6.11.